The van der Waals surface area contributed by atoms with Crippen molar-refractivity contribution < 1.29 is 27.6 Å². The van der Waals surface area contributed by atoms with Crippen molar-refractivity contribution in [1.29, 1.82) is 0 Å². The Balaban J connectivity index is 1.42. The number of rotatable bonds is 12. The smallest absolute Gasteiger partial charge is 0.271 e. The Labute approximate surface area is 246 Å². The van der Waals surface area contributed by atoms with E-state index in [4.69, 9.17) is 26.4 Å². The molecular formula is C27H26N4O7S3. The monoisotopic (exact) mass is 614 g/mol. The van der Waals surface area contributed by atoms with Gasteiger partial charge in [0.05, 0.1) is 19.1 Å². The molecule has 0 atom stereocenters. The number of hydrogen-bond acceptors (Lipinski definition) is 9. The number of methoxy groups -OCH3 is 2. The van der Waals surface area contributed by atoms with E-state index >= 15 is 0 Å². The van der Waals surface area contributed by atoms with E-state index in [1.165, 1.54) is 25.3 Å². The molecule has 0 unspecified atom stereocenters. The fourth-order valence-electron chi connectivity index (χ4n) is 3.79. The third kappa shape index (κ3) is 7.49. The average Bonchev–Trinajstić information content (AvgIpc) is 3.47. The maximum absolute atomic E-state index is 13.2. The summed E-state index contributed by atoms with van der Waals surface area (Å²) in [4.78, 5) is 10.4. The molecule has 0 aliphatic carbocycles. The lowest BCUT2D eigenvalue weighted by atomic mass is 10.1. The van der Waals surface area contributed by atoms with Crippen LogP contribution in [0.1, 0.15) is 0 Å². The Morgan fingerprint density at radius 2 is 1.71 bits per heavy atom. The van der Waals surface area contributed by atoms with E-state index in [0.29, 0.717) is 39.8 Å². The second kappa shape index (κ2) is 13.4. The summed E-state index contributed by atoms with van der Waals surface area (Å²) in [5.74, 6) is 2.02. The highest BCUT2D eigenvalue weighted by molar-refractivity contribution is 7.91. The molecule has 214 valence electrons. The van der Waals surface area contributed by atoms with Crippen LogP contribution in [0.5, 0.6) is 23.0 Å². The Kier molecular flexibility index (Phi) is 9.73. The molecule has 41 heavy (non-hydrogen) atoms. The van der Waals surface area contributed by atoms with Crippen molar-refractivity contribution in [2.24, 2.45) is 0 Å². The highest BCUT2D eigenvalue weighted by Gasteiger charge is 2.23. The first-order valence-corrected chi connectivity index (χ1v) is 14.8. The number of para-hydroxylation sites is 1. The SMILES string of the molecule is COc1ccc(Oc2ccccc2-c2ccsc2S(=O)(=O)NCCNC(=S)Nc2cccc([N+](=O)[O-])c2)cc1OC. The van der Waals surface area contributed by atoms with E-state index in [0.717, 1.165) is 11.3 Å². The molecule has 4 rings (SSSR count). The fourth-order valence-corrected chi connectivity index (χ4v) is 6.46. The van der Waals surface area contributed by atoms with Gasteiger partial charge in [-0.2, -0.15) is 0 Å². The Morgan fingerprint density at radius 1 is 0.927 bits per heavy atom. The number of hydrogen-bond donors (Lipinski definition) is 3. The van der Waals surface area contributed by atoms with Crippen molar-refractivity contribution in [3.05, 3.63) is 88.3 Å². The number of anilines is 1. The minimum atomic E-state index is -3.88. The van der Waals surface area contributed by atoms with E-state index < -0.39 is 14.9 Å². The van der Waals surface area contributed by atoms with Crippen LogP contribution in [-0.2, 0) is 10.0 Å². The number of thiophene rings is 1. The number of nitrogens with zero attached hydrogens (tertiary/aromatic N) is 1. The zero-order valence-corrected chi connectivity index (χ0v) is 24.4. The summed E-state index contributed by atoms with van der Waals surface area (Å²) in [7, 11) is -0.806. The van der Waals surface area contributed by atoms with Crippen LogP contribution in [0.2, 0.25) is 0 Å². The van der Waals surface area contributed by atoms with E-state index in [-0.39, 0.29) is 28.1 Å². The molecule has 3 aromatic carbocycles. The quantitative estimate of drug-likeness (QED) is 0.0822. The van der Waals surface area contributed by atoms with Crippen LogP contribution in [0, 0.1) is 10.1 Å². The molecule has 0 radical (unpaired) electrons. The number of nitrogens with one attached hydrogen (secondary N) is 3. The lowest BCUT2D eigenvalue weighted by molar-refractivity contribution is -0.384. The van der Waals surface area contributed by atoms with Crippen molar-refractivity contribution in [3.8, 4) is 34.1 Å². The second-order valence-corrected chi connectivity index (χ2v) is 11.6. The molecular weight excluding hydrogens is 589 g/mol. The summed E-state index contributed by atoms with van der Waals surface area (Å²) in [6.07, 6.45) is 0. The van der Waals surface area contributed by atoms with E-state index in [9.17, 15) is 18.5 Å². The van der Waals surface area contributed by atoms with Crippen LogP contribution < -0.4 is 29.6 Å². The average molecular weight is 615 g/mol. The Hall–Kier alpha value is -4.24. The van der Waals surface area contributed by atoms with E-state index in [1.807, 2.05) is 0 Å². The van der Waals surface area contributed by atoms with Gasteiger partial charge < -0.3 is 24.8 Å². The number of thiocarbonyl (C=S) groups is 1. The van der Waals surface area contributed by atoms with Crippen molar-refractivity contribution in [2.45, 2.75) is 4.21 Å². The van der Waals surface area contributed by atoms with Gasteiger partial charge in [-0.05, 0) is 47.9 Å². The molecule has 0 spiro atoms. The van der Waals surface area contributed by atoms with Crippen LogP contribution in [0.3, 0.4) is 0 Å². The lowest BCUT2D eigenvalue weighted by Gasteiger charge is -2.14. The summed E-state index contributed by atoms with van der Waals surface area (Å²) in [5, 5.41) is 18.6. The molecule has 0 bridgehead atoms. The molecule has 0 aliphatic rings. The normalized spacial score (nSPS) is 11.0. The first-order valence-electron chi connectivity index (χ1n) is 12.1. The highest BCUT2D eigenvalue weighted by Crippen LogP contribution is 2.40. The molecule has 0 saturated carbocycles. The van der Waals surface area contributed by atoms with Crippen molar-refractivity contribution in [3.63, 3.8) is 0 Å². The van der Waals surface area contributed by atoms with Gasteiger partial charge in [0.2, 0.25) is 0 Å². The molecule has 0 saturated heterocycles. The molecule has 1 heterocycles. The topological polar surface area (TPSA) is 141 Å². The van der Waals surface area contributed by atoms with Gasteiger partial charge in [0.25, 0.3) is 15.7 Å². The second-order valence-electron chi connectivity index (χ2n) is 8.32. The minimum Gasteiger partial charge on any atom is -0.493 e. The van der Waals surface area contributed by atoms with Crippen LogP contribution in [-0.4, -0.2) is 45.8 Å². The number of non-ortho nitro benzene ring substituents is 1. The third-order valence-corrected chi connectivity index (χ3v) is 8.84. The van der Waals surface area contributed by atoms with Crippen LogP contribution in [0.15, 0.2) is 82.4 Å². The lowest BCUT2D eigenvalue weighted by Crippen LogP contribution is -2.36. The number of benzene rings is 3. The molecule has 11 nitrogen and oxygen atoms in total. The number of ether oxygens (including phenoxy) is 3. The molecule has 0 amide bonds. The summed E-state index contributed by atoms with van der Waals surface area (Å²) < 4.78 is 45.9. The number of nitro groups is 1. The van der Waals surface area contributed by atoms with Gasteiger partial charge in [0, 0.05) is 48.1 Å². The highest BCUT2D eigenvalue weighted by atomic mass is 32.2. The summed E-state index contributed by atoms with van der Waals surface area (Å²) in [6, 6.07) is 19.9. The number of nitro benzene ring substituents is 1. The van der Waals surface area contributed by atoms with Crippen molar-refractivity contribution in [1.82, 2.24) is 10.0 Å². The van der Waals surface area contributed by atoms with Crippen LogP contribution >= 0.6 is 23.6 Å². The molecule has 1 aromatic heterocycles. The fraction of sp³-hybridized carbons (Fsp3) is 0.148. The summed E-state index contributed by atoms with van der Waals surface area (Å²) in [5.41, 5.74) is 1.46. The molecule has 4 aromatic rings. The first-order chi connectivity index (χ1) is 19.7. The van der Waals surface area contributed by atoms with E-state index in [1.54, 1.807) is 67.1 Å². The van der Waals surface area contributed by atoms with Crippen molar-refractivity contribution >= 4 is 50.1 Å². The molecule has 0 aliphatic heterocycles. The van der Waals surface area contributed by atoms with Gasteiger partial charge in [-0.15, -0.1) is 11.3 Å². The van der Waals surface area contributed by atoms with Gasteiger partial charge >= 0.3 is 0 Å². The zero-order chi connectivity index (χ0) is 29.4. The van der Waals surface area contributed by atoms with Gasteiger partial charge in [0.15, 0.2) is 16.6 Å². The zero-order valence-electron chi connectivity index (χ0n) is 21.9. The Morgan fingerprint density at radius 3 is 2.46 bits per heavy atom. The van der Waals surface area contributed by atoms with Crippen LogP contribution in [0.4, 0.5) is 11.4 Å². The summed E-state index contributed by atoms with van der Waals surface area (Å²) in [6.45, 7) is 0.222. The van der Waals surface area contributed by atoms with Gasteiger partial charge in [-0.25, -0.2) is 13.1 Å². The first kappa shape index (κ1) is 29.7. The standard InChI is InChI=1S/C27H26N4O7S3/c1-36-24-11-10-20(17-25(24)37-2)38-23-9-4-3-8-21(23)22-12-15-40-26(22)41(34,35)29-14-13-28-27(39)30-18-6-5-7-19(16-18)31(32)33/h3-12,15-17,29H,13-14H2,1-2H3,(H2,28,30,39). The minimum absolute atomic E-state index is 0.0419. The number of sulfonamides is 1. The van der Waals surface area contributed by atoms with Gasteiger partial charge in [-0.1, -0.05) is 24.3 Å². The van der Waals surface area contributed by atoms with Gasteiger partial charge in [-0.3, -0.25) is 10.1 Å². The van der Waals surface area contributed by atoms with Gasteiger partial charge in [0.1, 0.15) is 15.7 Å². The third-order valence-electron chi connectivity index (χ3n) is 5.65. The predicted octanol–water partition coefficient (Wildman–Crippen LogP) is 5.40. The van der Waals surface area contributed by atoms with E-state index in [2.05, 4.69) is 15.4 Å². The largest absolute Gasteiger partial charge is 0.493 e. The predicted molar refractivity (Wildman–Crippen MR) is 162 cm³/mol. The van der Waals surface area contributed by atoms with Crippen molar-refractivity contribution in [2.75, 3.05) is 32.6 Å². The Bertz CT molecular complexity index is 1660. The maximum atomic E-state index is 13.2. The maximum Gasteiger partial charge on any atom is 0.271 e. The molecule has 0 fully saturated rings. The molecule has 14 heteroatoms. The summed E-state index contributed by atoms with van der Waals surface area (Å²) >= 11 is 6.31. The molecule has 3 N–H and O–H groups in total. The van der Waals surface area contributed by atoms with Crippen LogP contribution in [0.25, 0.3) is 11.1 Å².